The van der Waals surface area contributed by atoms with Gasteiger partial charge in [0.1, 0.15) is 29.1 Å². The molecule has 1 aliphatic carbocycles. The van der Waals surface area contributed by atoms with E-state index in [2.05, 4.69) is 30.3 Å². The minimum Gasteiger partial charge on any atom is -0.404 e. The highest BCUT2D eigenvalue weighted by Gasteiger charge is 2.34. The fraction of sp³-hybridized carbons (Fsp3) is 0.500. The second kappa shape index (κ2) is 7.86. The second-order valence-electron chi connectivity index (χ2n) is 8.01. The number of aromatic nitrogens is 3. The lowest BCUT2D eigenvalue weighted by atomic mass is 9.78. The first kappa shape index (κ1) is 21.1. The third kappa shape index (κ3) is 4.64. The summed E-state index contributed by atoms with van der Waals surface area (Å²) < 4.78 is 40.5. The number of amides is 1. The molecule has 2 aromatic heterocycles. The van der Waals surface area contributed by atoms with E-state index in [9.17, 15) is 18.0 Å². The first-order valence-electron chi connectivity index (χ1n) is 9.98. The van der Waals surface area contributed by atoms with E-state index in [0.29, 0.717) is 23.8 Å². The van der Waals surface area contributed by atoms with Crippen LogP contribution in [0.1, 0.15) is 31.3 Å². The number of carbonyl (C=O) groups excluding carboxylic acids is 1. The van der Waals surface area contributed by atoms with Gasteiger partial charge in [0.15, 0.2) is 5.82 Å². The highest BCUT2D eigenvalue weighted by Crippen LogP contribution is 2.35. The number of anilines is 3. The van der Waals surface area contributed by atoms with Crippen molar-refractivity contribution < 1.29 is 22.7 Å². The lowest BCUT2D eigenvalue weighted by Gasteiger charge is -2.36. The molecule has 1 fully saturated rings. The second-order valence-corrected chi connectivity index (χ2v) is 8.01. The molecule has 2 N–H and O–H groups in total. The van der Waals surface area contributed by atoms with Gasteiger partial charge in [-0.05, 0) is 44.7 Å². The van der Waals surface area contributed by atoms with Crippen molar-refractivity contribution in [2.24, 2.45) is 5.92 Å². The average molecular weight is 436 g/mol. The normalized spacial score (nSPS) is 23.0. The Kier molecular flexibility index (Phi) is 5.36. The van der Waals surface area contributed by atoms with E-state index in [1.807, 2.05) is 25.8 Å². The largest absolute Gasteiger partial charge is 0.573 e. The van der Waals surface area contributed by atoms with Crippen LogP contribution < -0.4 is 20.3 Å². The fourth-order valence-corrected chi connectivity index (χ4v) is 3.84. The maximum atomic E-state index is 12.2. The van der Waals surface area contributed by atoms with Crippen molar-refractivity contribution in [3.63, 3.8) is 0 Å². The first-order chi connectivity index (χ1) is 14.6. The number of nitrogens with one attached hydrogen (secondary N) is 2. The van der Waals surface area contributed by atoms with E-state index in [0.717, 1.165) is 36.4 Å². The smallest absolute Gasteiger partial charge is 0.404 e. The van der Waals surface area contributed by atoms with Crippen LogP contribution in [0.4, 0.5) is 30.5 Å². The van der Waals surface area contributed by atoms with Gasteiger partial charge in [-0.3, -0.25) is 4.79 Å². The number of rotatable bonds is 5. The standard InChI is InChI=1S/C20H23F3N6O2/c1-10-17-18(29(3)11(2)19(30)28-17)27-16(25-10)8-12-6-13(7-12)26-15-5-4-14(9-24-15)31-20(21,22)23/h4-5,9,11-13H,6-8H2,1-3H3,(H,24,26)(H,28,30)/t11-,12?,13?/m0/s1. The van der Waals surface area contributed by atoms with Gasteiger partial charge in [-0.2, -0.15) is 0 Å². The van der Waals surface area contributed by atoms with Gasteiger partial charge in [0.25, 0.3) is 0 Å². The van der Waals surface area contributed by atoms with E-state index < -0.39 is 6.36 Å². The van der Waals surface area contributed by atoms with Crippen molar-refractivity contribution in [2.45, 2.75) is 51.6 Å². The SMILES string of the molecule is Cc1nc(CC2CC(Nc3ccc(OC(F)(F)F)cn3)C2)nc2c1NC(=O)[C@H](C)N2C. The molecular formula is C20H23F3N6O2. The maximum Gasteiger partial charge on any atom is 0.573 e. The highest BCUT2D eigenvalue weighted by atomic mass is 19.4. The molecule has 3 heterocycles. The number of hydrogen-bond donors (Lipinski definition) is 2. The van der Waals surface area contributed by atoms with Gasteiger partial charge in [0.05, 0.1) is 11.9 Å². The number of likely N-dealkylation sites (N-methyl/N-ethyl adjacent to an activating group) is 1. The van der Waals surface area contributed by atoms with Crippen LogP contribution >= 0.6 is 0 Å². The van der Waals surface area contributed by atoms with Gasteiger partial charge < -0.3 is 20.3 Å². The minimum atomic E-state index is -4.73. The first-order valence-corrected chi connectivity index (χ1v) is 9.98. The Morgan fingerprint density at radius 1 is 1.29 bits per heavy atom. The summed E-state index contributed by atoms with van der Waals surface area (Å²) in [6.45, 7) is 3.69. The van der Waals surface area contributed by atoms with Crippen LogP contribution in [0.25, 0.3) is 0 Å². The van der Waals surface area contributed by atoms with Crippen LogP contribution in [0, 0.1) is 12.8 Å². The van der Waals surface area contributed by atoms with Crippen LogP contribution in [0.5, 0.6) is 5.75 Å². The fourth-order valence-electron chi connectivity index (χ4n) is 3.84. The van der Waals surface area contributed by atoms with E-state index in [4.69, 9.17) is 0 Å². The molecule has 4 rings (SSSR count). The lowest BCUT2D eigenvalue weighted by Crippen LogP contribution is -2.45. The molecule has 2 aromatic rings. The molecule has 0 saturated heterocycles. The number of carbonyl (C=O) groups is 1. The van der Waals surface area contributed by atoms with Gasteiger partial charge in [0.2, 0.25) is 5.91 Å². The number of aryl methyl sites for hydroxylation is 1. The zero-order chi connectivity index (χ0) is 22.3. The molecule has 166 valence electrons. The Labute approximate surface area is 177 Å². The van der Waals surface area contributed by atoms with Crippen LogP contribution in [-0.2, 0) is 11.2 Å². The van der Waals surface area contributed by atoms with Crippen molar-refractivity contribution in [1.82, 2.24) is 15.0 Å². The summed E-state index contributed by atoms with van der Waals surface area (Å²) in [5.74, 6) is 1.94. The Morgan fingerprint density at radius 3 is 2.68 bits per heavy atom. The number of pyridine rings is 1. The molecule has 31 heavy (non-hydrogen) atoms. The molecule has 0 radical (unpaired) electrons. The van der Waals surface area contributed by atoms with Gasteiger partial charge >= 0.3 is 6.36 Å². The van der Waals surface area contributed by atoms with Crippen molar-refractivity contribution in [1.29, 1.82) is 0 Å². The number of halogens is 3. The quantitative estimate of drug-likeness (QED) is 0.743. The van der Waals surface area contributed by atoms with Crippen molar-refractivity contribution >= 4 is 23.2 Å². The Bertz CT molecular complexity index is 976. The van der Waals surface area contributed by atoms with Crippen LogP contribution in [0.15, 0.2) is 18.3 Å². The summed E-state index contributed by atoms with van der Waals surface area (Å²) in [5.41, 5.74) is 1.40. The van der Waals surface area contributed by atoms with Gasteiger partial charge in [-0.15, -0.1) is 13.2 Å². The van der Waals surface area contributed by atoms with Crippen molar-refractivity contribution in [3.8, 4) is 5.75 Å². The summed E-state index contributed by atoms with van der Waals surface area (Å²) in [5, 5.41) is 6.09. The topological polar surface area (TPSA) is 92.3 Å². The van der Waals surface area contributed by atoms with Crippen LogP contribution in [0.2, 0.25) is 0 Å². The van der Waals surface area contributed by atoms with Gasteiger partial charge in [0, 0.05) is 19.5 Å². The predicted octanol–water partition coefficient (Wildman–Crippen LogP) is 3.29. The van der Waals surface area contributed by atoms with Gasteiger partial charge in [-0.25, -0.2) is 15.0 Å². The molecule has 0 spiro atoms. The maximum absolute atomic E-state index is 12.2. The zero-order valence-electron chi connectivity index (χ0n) is 17.3. The molecule has 0 bridgehead atoms. The monoisotopic (exact) mass is 436 g/mol. The molecule has 1 atom stereocenters. The molecule has 1 aliphatic heterocycles. The number of alkyl halides is 3. The molecule has 8 nitrogen and oxygen atoms in total. The highest BCUT2D eigenvalue weighted by molar-refractivity contribution is 6.02. The van der Waals surface area contributed by atoms with Crippen LogP contribution in [0.3, 0.4) is 0 Å². The molecule has 0 unspecified atom stereocenters. The third-order valence-corrected chi connectivity index (χ3v) is 5.69. The molecule has 0 aromatic carbocycles. The van der Waals surface area contributed by atoms with Crippen molar-refractivity contribution in [2.75, 3.05) is 22.6 Å². The summed E-state index contributed by atoms with van der Waals surface area (Å²) in [6, 6.07) is 2.59. The zero-order valence-corrected chi connectivity index (χ0v) is 17.3. The molecule has 1 amide bonds. The number of fused-ring (bicyclic) bond motifs is 1. The van der Waals surface area contributed by atoms with Crippen LogP contribution in [-0.4, -0.2) is 46.4 Å². The number of hydrogen-bond acceptors (Lipinski definition) is 7. The number of nitrogens with zero attached hydrogens (tertiary/aromatic N) is 4. The van der Waals surface area contributed by atoms with E-state index in [-0.39, 0.29) is 23.7 Å². The minimum absolute atomic E-state index is 0.0750. The molecule has 2 aliphatic rings. The summed E-state index contributed by atoms with van der Waals surface area (Å²) in [6.07, 6.45) is -1.20. The van der Waals surface area contributed by atoms with E-state index in [1.54, 1.807) is 0 Å². The van der Waals surface area contributed by atoms with Crippen molar-refractivity contribution in [3.05, 3.63) is 29.8 Å². The third-order valence-electron chi connectivity index (χ3n) is 5.69. The molecule has 1 saturated carbocycles. The molecule has 11 heteroatoms. The van der Waals surface area contributed by atoms with Gasteiger partial charge in [-0.1, -0.05) is 0 Å². The van der Waals surface area contributed by atoms with E-state index >= 15 is 0 Å². The Balaban J connectivity index is 1.32. The summed E-state index contributed by atoms with van der Waals surface area (Å²) in [4.78, 5) is 27.1. The lowest BCUT2D eigenvalue weighted by molar-refractivity contribution is -0.274. The number of ether oxygens (including phenoxy) is 1. The summed E-state index contributed by atoms with van der Waals surface area (Å²) in [7, 11) is 1.85. The molecular weight excluding hydrogens is 413 g/mol. The predicted molar refractivity (Wildman–Crippen MR) is 108 cm³/mol. The average Bonchev–Trinajstić information content (AvgIpc) is 2.66. The van der Waals surface area contributed by atoms with E-state index in [1.165, 1.54) is 12.1 Å². The Hall–Kier alpha value is -3.11. The Morgan fingerprint density at radius 2 is 2.03 bits per heavy atom. The summed E-state index contributed by atoms with van der Waals surface area (Å²) >= 11 is 0.